The second kappa shape index (κ2) is 8.46. The Balaban J connectivity index is 1.98. The maximum atomic E-state index is 12.9. The third-order valence-electron chi connectivity index (χ3n) is 5.05. The molecule has 0 radical (unpaired) electrons. The third kappa shape index (κ3) is 3.88. The van der Waals surface area contributed by atoms with Crippen molar-refractivity contribution in [2.45, 2.75) is 52.5 Å². The number of hydrogen-bond acceptors (Lipinski definition) is 5. The lowest BCUT2D eigenvalue weighted by molar-refractivity contribution is -0.131. The van der Waals surface area contributed by atoms with Crippen LogP contribution < -0.4 is 14.8 Å². The minimum absolute atomic E-state index is 0.0405. The molecular weight excluding hydrogens is 360 g/mol. The highest BCUT2D eigenvalue weighted by molar-refractivity contribution is 6.31. The Morgan fingerprint density at radius 1 is 1.07 bits per heavy atom. The van der Waals surface area contributed by atoms with Crippen LogP contribution in [0, 0.1) is 6.92 Å². The number of nitrogens with one attached hydrogen (secondary N) is 1. The lowest BCUT2D eigenvalue weighted by Gasteiger charge is -2.31. The van der Waals surface area contributed by atoms with Crippen LogP contribution in [-0.2, 0) is 9.59 Å². The van der Waals surface area contributed by atoms with Crippen molar-refractivity contribution in [2.24, 2.45) is 0 Å². The van der Waals surface area contributed by atoms with Gasteiger partial charge in [-0.05, 0) is 62.9 Å². The molecular formula is C21H26N2O5. The molecule has 0 aromatic heterocycles. The molecule has 0 bridgehead atoms. The van der Waals surface area contributed by atoms with Crippen molar-refractivity contribution in [2.75, 3.05) is 13.2 Å². The molecule has 7 heteroatoms. The molecule has 0 unspecified atom stereocenters. The molecule has 0 spiro atoms. The summed E-state index contributed by atoms with van der Waals surface area (Å²) in [6.07, 6.45) is 5.03. The number of ether oxygens (including phenoxy) is 2. The van der Waals surface area contributed by atoms with Gasteiger partial charge in [0.25, 0.3) is 11.8 Å². The van der Waals surface area contributed by atoms with Crippen molar-refractivity contribution in [3.05, 3.63) is 28.8 Å². The number of hydrogen-bond donors (Lipinski definition) is 1. The van der Waals surface area contributed by atoms with E-state index in [9.17, 15) is 14.4 Å². The monoisotopic (exact) mass is 386 g/mol. The van der Waals surface area contributed by atoms with Crippen LogP contribution in [0.3, 0.4) is 0 Å². The number of amides is 4. The molecule has 4 amide bonds. The predicted molar refractivity (Wildman–Crippen MR) is 104 cm³/mol. The minimum Gasteiger partial charge on any atom is -0.490 e. The van der Waals surface area contributed by atoms with Gasteiger partial charge in [-0.1, -0.05) is 12.8 Å². The van der Waals surface area contributed by atoms with Gasteiger partial charge in [-0.2, -0.15) is 0 Å². The summed E-state index contributed by atoms with van der Waals surface area (Å²) in [6.45, 7) is 6.59. The van der Waals surface area contributed by atoms with Crippen LogP contribution in [0.25, 0.3) is 6.08 Å². The molecule has 1 heterocycles. The van der Waals surface area contributed by atoms with Gasteiger partial charge < -0.3 is 9.47 Å². The zero-order valence-corrected chi connectivity index (χ0v) is 16.5. The highest BCUT2D eigenvalue weighted by Crippen LogP contribution is 2.33. The normalized spacial score (nSPS) is 19.3. The van der Waals surface area contributed by atoms with Crippen LogP contribution in [0.1, 0.15) is 50.7 Å². The van der Waals surface area contributed by atoms with E-state index in [-0.39, 0.29) is 11.6 Å². The number of urea groups is 1. The van der Waals surface area contributed by atoms with E-state index in [1.165, 1.54) is 11.0 Å². The molecule has 7 nitrogen and oxygen atoms in total. The second-order valence-corrected chi connectivity index (χ2v) is 6.95. The first kappa shape index (κ1) is 19.9. The topological polar surface area (TPSA) is 84.9 Å². The minimum atomic E-state index is -0.671. The van der Waals surface area contributed by atoms with Crippen molar-refractivity contribution in [3.63, 3.8) is 0 Å². The van der Waals surface area contributed by atoms with E-state index >= 15 is 0 Å². The molecule has 1 N–H and O–H groups in total. The maximum Gasteiger partial charge on any atom is 0.331 e. The molecule has 1 saturated heterocycles. The Hall–Kier alpha value is -2.83. The van der Waals surface area contributed by atoms with Gasteiger partial charge in [0.2, 0.25) is 0 Å². The first-order valence-corrected chi connectivity index (χ1v) is 9.77. The van der Waals surface area contributed by atoms with E-state index in [0.29, 0.717) is 30.3 Å². The van der Waals surface area contributed by atoms with E-state index in [1.807, 2.05) is 26.8 Å². The number of carbonyl (C=O) groups is 3. The Morgan fingerprint density at radius 2 is 1.68 bits per heavy atom. The van der Waals surface area contributed by atoms with Crippen LogP contribution in [0.15, 0.2) is 17.7 Å². The average Bonchev–Trinajstić information content (AvgIpc) is 3.16. The molecule has 1 saturated carbocycles. The number of benzene rings is 1. The summed E-state index contributed by atoms with van der Waals surface area (Å²) in [5.74, 6) is -0.0391. The van der Waals surface area contributed by atoms with Crippen molar-refractivity contribution in [1.29, 1.82) is 0 Å². The fraction of sp³-hybridized carbons (Fsp3) is 0.476. The molecule has 0 atom stereocenters. The molecule has 28 heavy (non-hydrogen) atoms. The summed E-state index contributed by atoms with van der Waals surface area (Å²) in [5.41, 5.74) is 1.47. The first-order valence-electron chi connectivity index (χ1n) is 9.77. The summed E-state index contributed by atoms with van der Waals surface area (Å²) >= 11 is 0. The van der Waals surface area contributed by atoms with Gasteiger partial charge in [-0.15, -0.1) is 0 Å². The third-order valence-corrected chi connectivity index (χ3v) is 5.05. The van der Waals surface area contributed by atoms with Gasteiger partial charge >= 0.3 is 6.03 Å². The number of barbiturate groups is 1. The molecule has 1 aromatic carbocycles. The highest BCUT2D eigenvalue weighted by Gasteiger charge is 2.40. The lowest BCUT2D eigenvalue weighted by Crippen LogP contribution is -2.57. The van der Waals surface area contributed by atoms with Crippen molar-refractivity contribution >= 4 is 23.9 Å². The Kier molecular flexibility index (Phi) is 6.02. The Morgan fingerprint density at radius 3 is 2.29 bits per heavy atom. The molecule has 2 aliphatic rings. The van der Waals surface area contributed by atoms with Crippen LogP contribution in [-0.4, -0.2) is 42.0 Å². The van der Waals surface area contributed by atoms with Gasteiger partial charge in [0.1, 0.15) is 5.57 Å². The first-order chi connectivity index (χ1) is 13.5. The van der Waals surface area contributed by atoms with Gasteiger partial charge in [-0.25, -0.2) is 4.79 Å². The average molecular weight is 386 g/mol. The van der Waals surface area contributed by atoms with Crippen molar-refractivity contribution in [3.8, 4) is 11.5 Å². The number of aryl methyl sites for hydroxylation is 1. The second-order valence-electron chi connectivity index (χ2n) is 6.95. The van der Waals surface area contributed by atoms with E-state index < -0.39 is 17.8 Å². The molecule has 150 valence electrons. The quantitative estimate of drug-likeness (QED) is 0.599. The molecule has 2 fully saturated rings. The summed E-state index contributed by atoms with van der Waals surface area (Å²) in [4.78, 5) is 38.8. The molecule has 1 aromatic rings. The van der Waals surface area contributed by atoms with Gasteiger partial charge in [0.15, 0.2) is 11.5 Å². The summed E-state index contributed by atoms with van der Waals surface area (Å²) in [5, 5.41) is 2.30. The fourth-order valence-corrected chi connectivity index (χ4v) is 3.69. The van der Waals surface area contributed by atoms with Gasteiger partial charge in [-0.3, -0.25) is 19.8 Å². The number of nitrogens with zero attached hydrogens (tertiary/aromatic N) is 1. The molecule has 1 aliphatic heterocycles. The zero-order valence-electron chi connectivity index (χ0n) is 16.5. The van der Waals surface area contributed by atoms with Crippen LogP contribution in [0.4, 0.5) is 4.79 Å². The van der Waals surface area contributed by atoms with E-state index in [0.717, 1.165) is 31.2 Å². The summed E-state index contributed by atoms with van der Waals surface area (Å²) in [6, 6.07) is 2.81. The van der Waals surface area contributed by atoms with Crippen molar-refractivity contribution in [1.82, 2.24) is 10.2 Å². The Labute approximate surface area is 164 Å². The number of rotatable bonds is 6. The zero-order chi connectivity index (χ0) is 20.3. The predicted octanol–water partition coefficient (Wildman–Crippen LogP) is 3.20. The van der Waals surface area contributed by atoms with E-state index in [2.05, 4.69) is 5.32 Å². The summed E-state index contributed by atoms with van der Waals surface area (Å²) in [7, 11) is 0. The standard InChI is InChI=1S/C21H26N2O5/c1-4-27-17-10-13(3)14(12-18(17)28-5-2)11-16-19(24)22-21(26)23(20(16)25)15-8-6-7-9-15/h10-12,15H,4-9H2,1-3H3,(H,22,24,26)/b16-11+. The maximum absolute atomic E-state index is 12.9. The van der Waals surface area contributed by atoms with Gasteiger partial charge in [0.05, 0.1) is 13.2 Å². The highest BCUT2D eigenvalue weighted by atomic mass is 16.5. The van der Waals surface area contributed by atoms with Crippen LogP contribution >= 0.6 is 0 Å². The molecule has 3 rings (SSSR count). The van der Waals surface area contributed by atoms with E-state index in [4.69, 9.17) is 9.47 Å². The van der Waals surface area contributed by atoms with Crippen molar-refractivity contribution < 1.29 is 23.9 Å². The van der Waals surface area contributed by atoms with Gasteiger partial charge in [0, 0.05) is 6.04 Å². The number of carbonyl (C=O) groups excluding carboxylic acids is 3. The fourth-order valence-electron chi connectivity index (χ4n) is 3.69. The van der Waals surface area contributed by atoms with Crippen LogP contribution in [0.2, 0.25) is 0 Å². The largest absolute Gasteiger partial charge is 0.490 e. The lowest BCUT2D eigenvalue weighted by atomic mass is 10.0. The Bertz CT molecular complexity index is 824. The van der Waals surface area contributed by atoms with E-state index in [1.54, 1.807) is 6.07 Å². The summed E-state index contributed by atoms with van der Waals surface area (Å²) < 4.78 is 11.3. The number of imide groups is 2. The smallest absolute Gasteiger partial charge is 0.331 e. The SMILES string of the molecule is CCOc1cc(C)c(/C=C2\C(=O)NC(=O)N(C3CCCC3)C2=O)cc1OCC. The molecule has 1 aliphatic carbocycles. The van der Waals surface area contributed by atoms with Crippen LogP contribution in [0.5, 0.6) is 11.5 Å².